The first-order valence-corrected chi connectivity index (χ1v) is 11.0. The standard InChI is InChI=1S/C27H24N4O3/c1-18(26-29-27(32)34-30-26)25(20-8-4-3-5-9-20)21-14-12-19(13-15-21)16-31-23-11-7-6-10-22(23)28-24(31)17-33-2/h3-15H,16-17H2,1-2H3,(H,29,30,32)/b25-18+. The average molecular weight is 453 g/mol. The number of imidazole rings is 1. The molecular weight excluding hydrogens is 428 g/mol. The molecule has 7 nitrogen and oxygen atoms in total. The Labute approximate surface area is 196 Å². The van der Waals surface area contributed by atoms with Gasteiger partial charge >= 0.3 is 5.76 Å². The van der Waals surface area contributed by atoms with Gasteiger partial charge in [0.15, 0.2) is 5.82 Å². The topological polar surface area (TPSA) is 85.9 Å². The fourth-order valence-corrected chi connectivity index (χ4v) is 4.22. The van der Waals surface area contributed by atoms with E-state index in [0.29, 0.717) is 19.0 Å². The van der Waals surface area contributed by atoms with Gasteiger partial charge in [0.2, 0.25) is 0 Å². The molecule has 0 fully saturated rings. The second-order valence-corrected chi connectivity index (χ2v) is 8.04. The van der Waals surface area contributed by atoms with Crippen molar-refractivity contribution >= 4 is 22.2 Å². The number of H-pyrrole nitrogens is 1. The van der Waals surface area contributed by atoms with Gasteiger partial charge in [-0.05, 0) is 41.3 Å². The number of hydrogen-bond donors (Lipinski definition) is 1. The predicted octanol–water partition coefficient (Wildman–Crippen LogP) is 4.89. The molecule has 0 aliphatic carbocycles. The molecule has 2 aromatic heterocycles. The summed E-state index contributed by atoms with van der Waals surface area (Å²) in [4.78, 5) is 18.9. The number of nitrogens with zero attached hydrogens (tertiary/aromatic N) is 3. The molecule has 3 aromatic carbocycles. The summed E-state index contributed by atoms with van der Waals surface area (Å²) < 4.78 is 12.3. The van der Waals surface area contributed by atoms with Gasteiger partial charge in [0.25, 0.3) is 0 Å². The smallest absolute Gasteiger partial charge is 0.377 e. The predicted molar refractivity (Wildman–Crippen MR) is 131 cm³/mol. The molecule has 0 radical (unpaired) electrons. The van der Waals surface area contributed by atoms with E-state index in [1.54, 1.807) is 7.11 Å². The molecule has 0 atom stereocenters. The molecule has 170 valence electrons. The summed E-state index contributed by atoms with van der Waals surface area (Å²) in [6, 6.07) is 26.6. The van der Waals surface area contributed by atoms with Crippen LogP contribution in [0.1, 0.15) is 35.3 Å². The lowest BCUT2D eigenvalue weighted by Gasteiger charge is -2.14. The summed E-state index contributed by atoms with van der Waals surface area (Å²) in [6.45, 7) is 3.06. The summed E-state index contributed by atoms with van der Waals surface area (Å²) in [5.41, 5.74) is 7.03. The lowest BCUT2D eigenvalue weighted by atomic mass is 9.92. The Kier molecular flexibility index (Phi) is 5.93. The van der Waals surface area contributed by atoms with Crippen molar-refractivity contribution in [2.45, 2.75) is 20.1 Å². The molecule has 2 heterocycles. The van der Waals surface area contributed by atoms with Crippen molar-refractivity contribution in [3.05, 3.63) is 118 Å². The van der Waals surface area contributed by atoms with Crippen molar-refractivity contribution < 1.29 is 9.26 Å². The Balaban J connectivity index is 1.53. The molecule has 0 spiro atoms. The fourth-order valence-electron chi connectivity index (χ4n) is 4.22. The van der Waals surface area contributed by atoms with E-state index in [0.717, 1.165) is 44.7 Å². The van der Waals surface area contributed by atoms with Crippen LogP contribution in [0.15, 0.2) is 88.2 Å². The van der Waals surface area contributed by atoms with Crippen LogP contribution in [0.25, 0.3) is 22.2 Å². The molecule has 34 heavy (non-hydrogen) atoms. The van der Waals surface area contributed by atoms with Crippen LogP contribution in [0.2, 0.25) is 0 Å². The maximum Gasteiger partial charge on any atom is 0.439 e. The van der Waals surface area contributed by atoms with Crippen LogP contribution in [0, 0.1) is 0 Å². The highest BCUT2D eigenvalue weighted by atomic mass is 16.5. The zero-order valence-electron chi connectivity index (χ0n) is 19.0. The first-order chi connectivity index (χ1) is 16.6. The molecule has 7 heteroatoms. The molecular formula is C27H24N4O3. The molecule has 5 rings (SSSR count). The monoisotopic (exact) mass is 452 g/mol. The third-order valence-corrected chi connectivity index (χ3v) is 5.82. The maximum absolute atomic E-state index is 11.5. The number of ether oxygens (including phenoxy) is 1. The zero-order valence-corrected chi connectivity index (χ0v) is 19.0. The summed E-state index contributed by atoms with van der Waals surface area (Å²) >= 11 is 0. The SMILES string of the molecule is COCc1nc2ccccc2n1Cc1ccc(/C(=C(\C)c2noc(=O)[nH]2)c2ccccc2)cc1. The van der Waals surface area contributed by atoms with Crippen LogP contribution in [0.5, 0.6) is 0 Å². The van der Waals surface area contributed by atoms with Gasteiger partial charge in [0.1, 0.15) is 12.4 Å². The van der Waals surface area contributed by atoms with Crippen molar-refractivity contribution in [1.29, 1.82) is 0 Å². The number of aromatic nitrogens is 4. The molecule has 0 bridgehead atoms. The van der Waals surface area contributed by atoms with Crippen molar-refractivity contribution in [3.63, 3.8) is 0 Å². The van der Waals surface area contributed by atoms with Gasteiger partial charge in [0, 0.05) is 19.2 Å². The summed E-state index contributed by atoms with van der Waals surface area (Å²) in [5.74, 6) is 0.738. The number of benzene rings is 3. The third-order valence-electron chi connectivity index (χ3n) is 5.82. The van der Waals surface area contributed by atoms with Gasteiger partial charge in [-0.15, -0.1) is 0 Å². The molecule has 0 saturated heterocycles. The Morgan fingerprint density at radius 2 is 1.68 bits per heavy atom. The number of fused-ring (bicyclic) bond motifs is 1. The Morgan fingerprint density at radius 1 is 0.971 bits per heavy atom. The molecule has 0 amide bonds. The normalized spacial score (nSPS) is 12.2. The van der Waals surface area contributed by atoms with Gasteiger partial charge < -0.3 is 9.30 Å². The highest BCUT2D eigenvalue weighted by Crippen LogP contribution is 2.31. The van der Waals surface area contributed by atoms with E-state index >= 15 is 0 Å². The number of nitrogens with one attached hydrogen (secondary N) is 1. The van der Waals surface area contributed by atoms with Crippen molar-refractivity contribution in [2.24, 2.45) is 0 Å². The Bertz CT molecular complexity index is 1510. The van der Waals surface area contributed by atoms with E-state index in [4.69, 9.17) is 14.2 Å². The molecule has 5 aromatic rings. The van der Waals surface area contributed by atoms with E-state index in [2.05, 4.69) is 45.0 Å². The van der Waals surface area contributed by atoms with Crippen LogP contribution in [0.3, 0.4) is 0 Å². The first kappa shape index (κ1) is 21.6. The largest absolute Gasteiger partial charge is 0.439 e. The van der Waals surface area contributed by atoms with E-state index in [-0.39, 0.29) is 0 Å². The lowest BCUT2D eigenvalue weighted by molar-refractivity contribution is 0.175. The van der Waals surface area contributed by atoms with Gasteiger partial charge in [-0.25, -0.2) is 9.78 Å². The number of aromatic amines is 1. The molecule has 1 N–H and O–H groups in total. The molecule has 0 saturated carbocycles. The van der Waals surface area contributed by atoms with Crippen LogP contribution in [-0.4, -0.2) is 26.8 Å². The molecule has 0 aliphatic heterocycles. The van der Waals surface area contributed by atoms with E-state index in [9.17, 15) is 4.79 Å². The highest BCUT2D eigenvalue weighted by Gasteiger charge is 2.15. The van der Waals surface area contributed by atoms with Crippen LogP contribution in [0.4, 0.5) is 0 Å². The average Bonchev–Trinajstić information content (AvgIpc) is 3.45. The minimum Gasteiger partial charge on any atom is -0.377 e. The van der Waals surface area contributed by atoms with Crippen LogP contribution in [-0.2, 0) is 17.9 Å². The number of rotatable bonds is 7. The van der Waals surface area contributed by atoms with Crippen LogP contribution >= 0.6 is 0 Å². The van der Waals surface area contributed by atoms with Gasteiger partial charge in [-0.3, -0.25) is 9.51 Å². The number of hydrogen-bond acceptors (Lipinski definition) is 5. The van der Waals surface area contributed by atoms with Crippen molar-refractivity contribution in [1.82, 2.24) is 19.7 Å². The minimum absolute atomic E-state index is 0.419. The highest BCUT2D eigenvalue weighted by molar-refractivity contribution is 5.96. The second kappa shape index (κ2) is 9.33. The second-order valence-electron chi connectivity index (χ2n) is 8.04. The van der Waals surface area contributed by atoms with Crippen molar-refractivity contribution in [2.75, 3.05) is 7.11 Å². The fraction of sp³-hybridized carbons (Fsp3) is 0.148. The third kappa shape index (κ3) is 4.21. The van der Waals surface area contributed by atoms with Crippen LogP contribution < -0.4 is 5.76 Å². The quantitative estimate of drug-likeness (QED) is 0.380. The number of methoxy groups -OCH3 is 1. The Hall–Kier alpha value is -4.23. The van der Waals surface area contributed by atoms with Crippen molar-refractivity contribution in [3.8, 4) is 0 Å². The summed E-state index contributed by atoms with van der Waals surface area (Å²) in [5, 5.41) is 3.89. The minimum atomic E-state index is -0.573. The number of para-hydroxylation sites is 2. The van der Waals surface area contributed by atoms with Gasteiger partial charge in [-0.2, -0.15) is 0 Å². The lowest BCUT2D eigenvalue weighted by Crippen LogP contribution is -2.06. The number of allylic oxidation sites excluding steroid dienone is 1. The van der Waals surface area contributed by atoms with E-state index < -0.39 is 5.76 Å². The van der Waals surface area contributed by atoms with Gasteiger partial charge in [-0.1, -0.05) is 71.9 Å². The molecule has 0 unspecified atom stereocenters. The zero-order chi connectivity index (χ0) is 23.5. The van der Waals surface area contributed by atoms with Gasteiger partial charge in [0.05, 0.1) is 11.0 Å². The van der Waals surface area contributed by atoms with E-state index in [1.807, 2.05) is 55.5 Å². The summed E-state index contributed by atoms with van der Waals surface area (Å²) in [6.07, 6.45) is 0. The Morgan fingerprint density at radius 3 is 2.38 bits per heavy atom. The van der Waals surface area contributed by atoms with E-state index in [1.165, 1.54) is 0 Å². The molecule has 0 aliphatic rings. The maximum atomic E-state index is 11.5. The first-order valence-electron chi connectivity index (χ1n) is 11.0. The summed E-state index contributed by atoms with van der Waals surface area (Å²) in [7, 11) is 1.68.